The first kappa shape index (κ1) is 60.8. The van der Waals surface area contributed by atoms with Crippen LogP contribution in [0.5, 0.6) is 0 Å². The fourth-order valence-corrected chi connectivity index (χ4v) is 8.09. The number of allylic oxidation sites excluding steroid dienone is 10. The number of aliphatic hydroxyl groups excluding tert-OH is 3. The summed E-state index contributed by atoms with van der Waals surface area (Å²) < 4.78 is 59.2. The number of carbonyl (C=O) groups is 1. The van der Waals surface area contributed by atoms with E-state index in [4.69, 9.17) is 18.9 Å². The molecule has 0 bridgehead atoms. The SMILES string of the molecule is CC/C=C\C/C=C\C/C=C\C/C=C\C/C=C\CCCCCCCCCCCCOCC(COC1OC(CO)C(O)C(OS(=O)(=O)O)C1O)OC(=O)CCCCCCCCCCCCCC. The first-order valence-electron chi connectivity index (χ1n) is 25.5. The minimum atomic E-state index is -5.06. The van der Waals surface area contributed by atoms with Crippen LogP contribution in [0.15, 0.2) is 60.8 Å². The number of unbranched alkanes of at least 4 members (excludes halogenated alkanes) is 21. The van der Waals surface area contributed by atoms with Crippen molar-refractivity contribution in [1.29, 1.82) is 0 Å². The Balaban J connectivity index is 2.30. The van der Waals surface area contributed by atoms with Crippen molar-refractivity contribution < 1.29 is 56.2 Å². The normalized spacial score (nSPS) is 20.1. The first-order chi connectivity index (χ1) is 31.6. The van der Waals surface area contributed by atoms with Gasteiger partial charge in [0.05, 0.1) is 19.8 Å². The zero-order valence-electron chi connectivity index (χ0n) is 40.5. The van der Waals surface area contributed by atoms with Gasteiger partial charge in [-0.1, -0.05) is 197 Å². The third-order valence-electron chi connectivity index (χ3n) is 11.4. The molecule has 13 heteroatoms. The zero-order chi connectivity index (χ0) is 47.5. The van der Waals surface area contributed by atoms with Gasteiger partial charge in [0.1, 0.15) is 30.5 Å². The van der Waals surface area contributed by atoms with E-state index in [9.17, 15) is 33.1 Å². The summed E-state index contributed by atoms with van der Waals surface area (Å²) in [5, 5.41) is 30.7. The lowest BCUT2D eigenvalue weighted by Crippen LogP contribution is -2.60. The van der Waals surface area contributed by atoms with Gasteiger partial charge >= 0.3 is 16.4 Å². The summed E-state index contributed by atoms with van der Waals surface area (Å²) in [6, 6.07) is 0. The Morgan fingerprint density at radius 1 is 0.600 bits per heavy atom. The molecule has 0 aromatic rings. The maximum atomic E-state index is 12.9. The lowest BCUT2D eigenvalue weighted by molar-refractivity contribution is -0.301. The second-order valence-electron chi connectivity index (χ2n) is 17.4. The summed E-state index contributed by atoms with van der Waals surface area (Å²) in [6.45, 7) is 3.87. The van der Waals surface area contributed by atoms with Crippen molar-refractivity contribution in [2.45, 2.75) is 237 Å². The molecule has 1 saturated heterocycles. The number of carbonyl (C=O) groups excluding carboxylic acids is 1. The lowest BCUT2D eigenvalue weighted by atomic mass is 9.99. The Morgan fingerprint density at radius 3 is 1.55 bits per heavy atom. The predicted octanol–water partition coefficient (Wildman–Crippen LogP) is 11.7. The molecule has 0 spiro atoms. The van der Waals surface area contributed by atoms with Gasteiger partial charge in [-0.05, 0) is 57.8 Å². The maximum Gasteiger partial charge on any atom is 0.397 e. The van der Waals surface area contributed by atoms with Crippen molar-refractivity contribution in [3.63, 3.8) is 0 Å². The van der Waals surface area contributed by atoms with Crippen LogP contribution in [-0.2, 0) is 38.3 Å². The molecule has 0 saturated carbocycles. The molecule has 0 radical (unpaired) electrons. The van der Waals surface area contributed by atoms with Gasteiger partial charge in [0.15, 0.2) is 6.29 Å². The van der Waals surface area contributed by atoms with Crippen molar-refractivity contribution in [3.8, 4) is 0 Å². The van der Waals surface area contributed by atoms with Crippen LogP contribution in [0.4, 0.5) is 0 Å². The van der Waals surface area contributed by atoms with Crippen molar-refractivity contribution in [2.75, 3.05) is 26.4 Å². The highest BCUT2D eigenvalue weighted by Gasteiger charge is 2.48. The van der Waals surface area contributed by atoms with Crippen molar-refractivity contribution in [1.82, 2.24) is 0 Å². The van der Waals surface area contributed by atoms with Crippen LogP contribution in [0.3, 0.4) is 0 Å². The Hall–Kier alpha value is -2.20. The average molecular weight is 941 g/mol. The van der Waals surface area contributed by atoms with E-state index in [2.05, 4.69) is 78.8 Å². The highest BCUT2D eigenvalue weighted by Crippen LogP contribution is 2.26. The van der Waals surface area contributed by atoms with E-state index in [0.29, 0.717) is 13.0 Å². The topological polar surface area (TPSA) is 178 Å². The van der Waals surface area contributed by atoms with Gasteiger partial charge in [-0.2, -0.15) is 8.42 Å². The number of esters is 1. The molecule has 1 fully saturated rings. The third kappa shape index (κ3) is 36.5. The highest BCUT2D eigenvalue weighted by molar-refractivity contribution is 7.80. The number of hydrogen-bond acceptors (Lipinski definition) is 11. The molecule has 1 rings (SSSR count). The van der Waals surface area contributed by atoms with Gasteiger partial charge in [-0.3, -0.25) is 9.35 Å². The van der Waals surface area contributed by atoms with Gasteiger partial charge in [-0.25, -0.2) is 4.18 Å². The second-order valence-corrected chi connectivity index (χ2v) is 18.4. The summed E-state index contributed by atoms with van der Waals surface area (Å²) in [4.78, 5) is 12.9. The smallest absolute Gasteiger partial charge is 0.397 e. The van der Waals surface area contributed by atoms with Crippen LogP contribution in [0.25, 0.3) is 0 Å². The van der Waals surface area contributed by atoms with Crippen LogP contribution in [0.1, 0.15) is 200 Å². The monoisotopic (exact) mass is 941 g/mol. The Morgan fingerprint density at radius 2 is 1.06 bits per heavy atom. The number of hydrogen-bond donors (Lipinski definition) is 4. The summed E-state index contributed by atoms with van der Waals surface area (Å²) in [7, 11) is -5.06. The van der Waals surface area contributed by atoms with Crippen molar-refractivity contribution in [2.24, 2.45) is 0 Å². The fraction of sp³-hybridized carbons (Fsp3) is 0.788. The molecule has 12 nitrogen and oxygen atoms in total. The quantitative estimate of drug-likeness (QED) is 0.0197. The van der Waals surface area contributed by atoms with Gasteiger partial charge < -0.3 is 34.3 Å². The van der Waals surface area contributed by atoms with Crippen LogP contribution < -0.4 is 0 Å². The van der Waals surface area contributed by atoms with Crippen molar-refractivity contribution >= 4 is 16.4 Å². The highest BCUT2D eigenvalue weighted by atomic mass is 32.3. The molecule has 378 valence electrons. The van der Waals surface area contributed by atoms with Gasteiger partial charge in [0.2, 0.25) is 0 Å². The Kier molecular flexibility index (Phi) is 40.3. The molecule has 1 aliphatic rings. The minimum Gasteiger partial charge on any atom is -0.457 e. The molecule has 0 amide bonds. The van der Waals surface area contributed by atoms with Gasteiger partial charge in [0, 0.05) is 13.0 Å². The number of rotatable bonds is 44. The van der Waals surface area contributed by atoms with E-state index in [-0.39, 0.29) is 19.6 Å². The summed E-state index contributed by atoms with van der Waals surface area (Å²) in [5.41, 5.74) is 0. The largest absolute Gasteiger partial charge is 0.457 e. The third-order valence-corrected chi connectivity index (χ3v) is 11.9. The maximum absolute atomic E-state index is 12.9. The van der Waals surface area contributed by atoms with E-state index in [0.717, 1.165) is 77.0 Å². The van der Waals surface area contributed by atoms with Crippen LogP contribution >= 0.6 is 0 Å². The van der Waals surface area contributed by atoms with E-state index in [1.807, 2.05) is 0 Å². The number of aliphatic hydroxyl groups is 3. The van der Waals surface area contributed by atoms with Crippen molar-refractivity contribution in [3.05, 3.63) is 60.8 Å². The summed E-state index contributed by atoms with van der Waals surface area (Å²) >= 11 is 0. The minimum absolute atomic E-state index is 0.0328. The summed E-state index contributed by atoms with van der Waals surface area (Å²) in [6.07, 6.45) is 45.4. The molecule has 0 aromatic carbocycles. The second kappa shape index (κ2) is 43.1. The van der Waals surface area contributed by atoms with Gasteiger partial charge in [-0.15, -0.1) is 0 Å². The van der Waals surface area contributed by atoms with E-state index in [1.165, 1.54) is 96.3 Å². The predicted molar refractivity (Wildman–Crippen MR) is 262 cm³/mol. The van der Waals surface area contributed by atoms with E-state index < -0.39 is 59.8 Å². The number of ether oxygens (including phenoxy) is 4. The van der Waals surface area contributed by atoms with Crippen LogP contribution in [0.2, 0.25) is 0 Å². The molecular formula is C52H92O12S. The molecule has 4 N–H and O–H groups in total. The summed E-state index contributed by atoms with van der Waals surface area (Å²) in [5.74, 6) is -0.402. The molecule has 0 aliphatic carbocycles. The lowest BCUT2D eigenvalue weighted by Gasteiger charge is -2.41. The fourth-order valence-electron chi connectivity index (χ4n) is 7.58. The van der Waals surface area contributed by atoms with Crippen LogP contribution in [-0.4, -0.2) is 97.5 Å². The molecule has 65 heavy (non-hydrogen) atoms. The first-order valence-corrected chi connectivity index (χ1v) is 26.9. The van der Waals surface area contributed by atoms with E-state index >= 15 is 0 Å². The Bertz CT molecular complexity index is 1360. The molecule has 1 heterocycles. The van der Waals surface area contributed by atoms with Gasteiger partial charge in [0.25, 0.3) is 0 Å². The molecule has 1 aliphatic heterocycles. The van der Waals surface area contributed by atoms with Crippen LogP contribution in [0, 0.1) is 0 Å². The van der Waals surface area contributed by atoms with E-state index in [1.54, 1.807) is 0 Å². The standard InChI is InChI=1S/C52H92O12S/c1-3-5-7-9-11-13-15-17-18-19-20-21-22-23-24-25-26-27-28-29-30-32-34-36-38-40-42-60-44-46(62-48(54)41-39-37-35-33-31-16-14-12-10-8-6-4-2)45-61-52-50(56)51(64-65(57,58)59)49(55)47(43-53)63-52/h5,7,11,13,17-18,20-21,23-24,46-47,49-53,55-56H,3-4,6,8-10,12,14-16,19,22,25-45H2,1-2H3,(H,57,58,59)/b7-5-,13-11-,18-17-,21-20-,24-23-. The Labute approximate surface area is 395 Å². The molecule has 0 aromatic heterocycles. The molecule has 6 atom stereocenters. The zero-order valence-corrected chi connectivity index (χ0v) is 41.4. The average Bonchev–Trinajstić information content (AvgIpc) is 3.28. The molecule has 6 unspecified atom stereocenters. The molecular weight excluding hydrogens is 849 g/mol.